The van der Waals surface area contributed by atoms with Crippen molar-refractivity contribution >= 4 is 87.2 Å². The van der Waals surface area contributed by atoms with Crippen LogP contribution in [0, 0.1) is 0 Å². The van der Waals surface area contributed by atoms with Gasteiger partial charge in [-0.15, -0.1) is 0 Å². The van der Waals surface area contributed by atoms with Gasteiger partial charge in [-0.2, -0.15) is 0 Å². The van der Waals surface area contributed by atoms with E-state index in [4.69, 9.17) is 0 Å². The van der Waals surface area contributed by atoms with E-state index < -0.39 is 32.3 Å². The van der Waals surface area contributed by atoms with Gasteiger partial charge in [0.05, 0.1) is 32.3 Å². The molecular formula is C60H72N2Si4. The van der Waals surface area contributed by atoms with Crippen LogP contribution in [0.3, 0.4) is 0 Å². The van der Waals surface area contributed by atoms with Gasteiger partial charge in [-0.3, -0.25) is 0 Å². The molecule has 7 aromatic carbocycles. The summed E-state index contributed by atoms with van der Waals surface area (Å²) in [5.74, 6) is 0. The Bertz CT molecular complexity index is 2650. The Balaban J connectivity index is 1.12. The van der Waals surface area contributed by atoms with Crippen molar-refractivity contribution in [1.82, 2.24) is 0 Å². The molecule has 0 atom stereocenters. The van der Waals surface area contributed by atoms with Crippen molar-refractivity contribution in [1.29, 1.82) is 0 Å². The third-order valence-corrected chi connectivity index (χ3v) is 23.2. The first-order valence-electron chi connectivity index (χ1n) is 24.3. The minimum atomic E-state index is -1.45. The lowest BCUT2D eigenvalue weighted by Gasteiger charge is -2.29. The molecule has 66 heavy (non-hydrogen) atoms. The molecule has 338 valence electrons. The summed E-state index contributed by atoms with van der Waals surface area (Å²) in [6.07, 6.45) is 0. The molecule has 0 aromatic heterocycles. The van der Waals surface area contributed by atoms with Crippen molar-refractivity contribution in [3.05, 3.63) is 168 Å². The molecule has 2 aliphatic carbocycles. The van der Waals surface area contributed by atoms with Gasteiger partial charge in [0.25, 0.3) is 0 Å². The largest absolute Gasteiger partial charge is 0.310 e. The highest BCUT2D eigenvalue weighted by Gasteiger charge is 2.42. The number of fused-ring (bicyclic) bond motifs is 6. The zero-order chi connectivity index (χ0) is 47.5. The topological polar surface area (TPSA) is 6.48 Å². The summed E-state index contributed by atoms with van der Waals surface area (Å²) in [5.41, 5.74) is 17.9. The van der Waals surface area contributed by atoms with E-state index in [1.54, 1.807) is 0 Å². The molecule has 9 rings (SSSR count). The van der Waals surface area contributed by atoms with Crippen LogP contribution >= 0.6 is 0 Å². The molecule has 0 aliphatic heterocycles. The van der Waals surface area contributed by atoms with E-state index in [0.29, 0.717) is 0 Å². The zero-order valence-corrected chi connectivity index (χ0v) is 46.8. The van der Waals surface area contributed by atoms with Gasteiger partial charge in [-0.25, -0.2) is 0 Å². The highest BCUT2D eigenvalue weighted by molar-refractivity contribution is 6.90. The quantitative estimate of drug-likeness (QED) is 0.126. The van der Waals surface area contributed by atoms with Crippen LogP contribution in [0.4, 0.5) is 34.1 Å². The van der Waals surface area contributed by atoms with Gasteiger partial charge in [0, 0.05) is 45.0 Å². The molecule has 0 bridgehead atoms. The molecule has 2 aliphatic rings. The Morgan fingerprint density at radius 2 is 0.470 bits per heavy atom. The highest BCUT2D eigenvalue weighted by Crippen LogP contribution is 2.57. The van der Waals surface area contributed by atoms with E-state index in [1.165, 1.54) is 99.4 Å². The molecule has 0 spiro atoms. The maximum Gasteiger partial charge on any atom is 0.0775 e. The van der Waals surface area contributed by atoms with Crippen molar-refractivity contribution in [3.63, 3.8) is 0 Å². The number of hydrogen-bond donors (Lipinski definition) is 0. The minimum absolute atomic E-state index is 0.182. The molecule has 0 amide bonds. The van der Waals surface area contributed by atoms with Gasteiger partial charge in [0.1, 0.15) is 0 Å². The van der Waals surface area contributed by atoms with Crippen LogP contribution in [-0.2, 0) is 10.8 Å². The highest BCUT2D eigenvalue weighted by atomic mass is 28.3. The zero-order valence-electron chi connectivity index (χ0n) is 42.8. The SMILES string of the molecule is CC1(C)c2cc(N(c3ccc([Si](C)(C)C)cc3)c3ccc([Si](C)(C)C)cc3)ccc2-c2cc3c(cc21)-c1ccc(N(c2ccc([Si](C)(C)C)cc2)c2ccc([Si](C)(C)C)cc2)cc1C3(C)C. The van der Waals surface area contributed by atoms with E-state index in [9.17, 15) is 0 Å². The molecule has 0 fully saturated rings. The third kappa shape index (κ3) is 8.05. The van der Waals surface area contributed by atoms with Crippen molar-refractivity contribution in [2.45, 2.75) is 117 Å². The van der Waals surface area contributed by atoms with Gasteiger partial charge in [0.2, 0.25) is 0 Å². The molecule has 0 radical (unpaired) electrons. The number of benzene rings is 7. The van der Waals surface area contributed by atoms with E-state index in [-0.39, 0.29) is 10.8 Å². The van der Waals surface area contributed by atoms with Gasteiger partial charge in [0.15, 0.2) is 0 Å². The monoisotopic (exact) mass is 932 g/mol. The van der Waals surface area contributed by atoms with Crippen molar-refractivity contribution in [2.75, 3.05) is 9.80 Å². The van der Waals surface area contributed by atoms with Crippen molar-refractivity contribution in [3.8, 4) is 22.3 Å². The molecule has 6 heteroatoms. The first-order chi connectivity index (χ1) is 30.7. The minimum Gasteiger partial charge on any atom is -0.310 e. The summed E-state index contributed by atoms with van der Waals surface area (Å²) < 4.78 is 0. The second kappa shape index (κ2) is 15.8. The fourth-order valence-corrected chi connectivity index (χ4v) is 15.2. The maximum atomic E-state index is 2.56. The van der Waals surface area contributed by atoms with Gasteiger partial charge >= 0.3 is 0 Å². The second-order valence-electron chi connectivity index (χ2n) is 24.5. The van der Waals surface area contributed by atoms with Crippen LogP contribution in [-0.4, -0.2) is 32.3 Å². The number of hydrogen-bond acceptors (Lipinski definition) is 2. The predicted molar refractivity (Wildman–Crippen MR) is 303 cm³/mol. The lowest BCUT2D eigenvalue weighted by Crippen LogP contribution is -2.37. The Morgan fingerprint density at radius 3 is 0.697 bits per heavy atom. The molecular weight excluding hydrogens is 861 g/mol. The summed E-state index contributed by atoms with van der Waals surface area (Å²) >= 11 is 0. The van der Waals surface area contributed by atoms with Crippen LogP contribution in [0.15, 0.2) is 146 Å². The van der Waals surface area contributed by atoms with Gasteiger partial charge in [-0.1, -0.05) is 188 Å². The lowest BCUT2D eigenvalue weighted by molar-refractivity contribution is 0.652. The maximum absolute atomic E-state index is 2.56. The molecule has 7 aromatic rings. The van der Waals surface area contributed by atoms with Crippen LogP contribution in [0.5, 0.6) is 0 Å². The Labute approximate surface area is 401 Å². The van der Waals surface area contributed by atoms with Crippen molar-refractivity contribution in [2.24, 2.45) is 0 Å². The van der Waals surface area contributed by atoms with Gasteiger partial charge < -0.3 is 9.80 Å². The van der Waals surface area contributed by atoms with Crippen LogP contribution in [0.25, 0.3) is 22.3 Å². The van der Waals surface area contributed by atoms with E-state index in [1.807, 2.05) is 0 Å². The van der Waals surface area contributed by atoms with E-state index in [2.05, 4.69) is 262 Å². The fourth-order valence-electron chi connectivity index (χ4n) is 10.6. The first kappa shape index (κ1) is 46.1. The molecule has 0 unspecified atom stereocenters. The molecule has 0 N–H and O–H groups in total. The summed E-state index contributed by atoms with van der Waals surface area (Å²) in [5, 5.41) is 5.93. The third-order valence-electron chi connectivity index (χ3n) is 14.9. The molecule has 0 saturated carbocycles. The van der Waals surface area contributed by atoms with Crippen molar-refractivity contribution < 1.29 is 0 Å². The second-order valence-corrected chi connectivity index (χ2v) is 44.8. The molecule has 2 nitrogen and oxygen atoms in total. The van der Waals surface area contributed by atoms with E-state index in [0.717, 1.165) is 0 Å². The normalized spacial score (nSPS) is 14.9. The number of anilines is 6. The van der Waals surface area contributed by atoms with E-state index >= 15 is 0 Å². The Hall–Kier alpha value is -4.99. The number of nitrogens with zero attached hydrogens (tertiary/aromatic N) is 2. The average molecular weight is 934 g/mol. The first-order valence-corrected chi connectivity index (χ1v) is 38.3. The van der Waals surface area contributed by atoms with Crippen LogP contribution in [0.1, 0.15) is 49.9 Å². The summed E-state index contributed by atoms with van der Waals surface area (Å²) in [7, 11) is -5.81. The summed E-state index contributed by atoms with van der Waals surface area (Å²) in [6.45, 7) is 38.9. The molecule has 0 saturated heterocycles. The summed E-state index contributed by atoms with van der Waals surface area (Å²) in [6, 6.07) is 57.4. The Kier molecular flexibility index (Phi) is 11.0. The molecule has 0 heterocycles. The average Bonchev–Trinajstić information content (AvgIpc) is 3.61. The smallest absolute Gasteiger partial charge is 0.0775 e. The standard InChI is InChI=1S/C60H72N2Si4/c1-59(2)55-37-45(61(41-17-27-47(28-18-41)63(5,6)7)42-19-29-48(30-20-42)64(8,9)10)25-35-51(55)53-40-58-54(39-57(53)59)52-36-26-46(38-56(52)60(58,3)4)62(43-21-31-49(32-22-43)65(11,12)13)44-23-33-50(34-24-44)66(14,15)16/h17-40H,1-16H3. The fraction of sp³-hybridized carbons (Fsp3) is 0.300. The lowest BCUT2D eigenvalue weighted by atomic mass is 9.79. The van der Waals surface area contributed by atoms with Crippen LogP contribution in [0.2, 0.25) is 78.6 Å². The summed E-state index contributed by atoms with van der Waals surface area (Å²) in [4.78, 5) is 4.95. The number of rotatable bonds is 10. The predicted octanol–water partition coefficient (Wildman–Crippen LogP) is 15.4. The Morgan fingerprint density at radius 1 is 0.258 bits per heavy atom. The van der Waals surface area contributed by atoms with Crippen LogP contribution < -0.4 is 30.5 Å². The van der Waals surface area contributed by atoms with Gasteiger partial charge in [-0.05, 0) is 129 Å².